The topological polar surface area (TPSA) is 67.9 Å². The van der Waals surface area contributed by atoms with Gasteiger partial charge in [0.1, 0.15) is 23.8 Å². The number of anilines is 1. The largest absolute Gasteiger partial charge is 0.356 e. The van der Waals surface area contributed by atoms with Crippen molar-refractivity contribution >= 4 is 28.3 Å². The van der Waals surface area contributed by atoms with Crippen LogP contribution in [-0.4, -0.2) is 33.2 Å². The molecule has 34 heavy (non-hydrogen) atoms. The molecule has 0 spiro atoms. The summed E-state index contributed by atoms with van der Waals surface area (Å²) in [6.07, 6.45) is 3.13. The standard InChI is InChI=1S/C25H24ClF2N5O/c1-14(2)25-31-23(32-34-25)15-5-7-33(8-6-15)24-20-11-18(27)10-19(22(20)29-13-30-24)16-3-4-17(12-26)21(28)9-16/h3-4,9-11,13-15H,5-8,12H2,1-2H3. The lowest BCUT2D eigenvalue weighted by atomic mass is 9.95. The fourth-order valence-corrected chi connectivity index (χ4v) is 4.63. The van der Waals surface area contributed by atoms with E-state index in [2.05, 4.69) is 25.0 Å². The average molecular weight is 484 g/mol. The Morgan fingerprint density at radius 3 is 2.59 bits per heavy atom. The highest BCUT2D eigenvalue weighted by atomic mass is 35.5. The van der Waals surface area contributed by atoms with Crippen LogP contribution in [0.5, 0.6) is 0 Å². The quantitative estimate of drug-likeness (QED) is 0.315. The van der Waals surface area contributed by atoms with Gasteiger partial charge in [0.05, 0.1) is 11.4 Å². The monoisotopic (exact) mass is 483 g/mol. The molecule has 1 aliphatic rings. The third-order valence-electron chi connectivity index (χ3n) is 6.30. The molecule has 2 aromatic carbocycles. The second-order valence-corrected chi connectivity index (χ2v) is 9.16. The molecule has 0 radical (unpaired) electrons. The molecule has 2 aromatic heterocycles. The molecule has 6 nitrogen and oxygen atoms in total. The highest BCUT2D eigenvalue weighted by molar-refractivity contribution is 6.17. The third kappa shape index (κ3) is 4.22. The minimum absolute atomic E-state index is 0.0704. The summed E-state index contributed by atoms with van der Waals surface area (Å²) in [4.78, 5) is 15.6. The second kappa shape index (κ2) is 9.25. The van der Waals surface area contributed by atoms with Gasteiger partial charge in [-0.05, 0) is 36.6 Å². The summed E-state index contributed by atoms with van der Waals surface area (Å²) < 4.78 is 34.5. The molecule has 0 saturated carbocycles. The number of fused-ring (bicyclic) bond motifs is 1. The molecule has 4 aromatic rings. The number of hydrogen-bond acceptors (Lipinski definition) is 6. The van der Waals surface area contributed by atoms with E-state index in [-0.39, 0.29) is 17.7 Å². The molecule has 176 valence electrons. The second-order valence-electron chi connectivity index (χ2n) is 8.89. The molecule has 0 N–H and O–H groups in total. The summed E-state index contributed by atoms with van der Waals surface area (Å²) in [6.45, 7) is 5.47. The Labute approximate surface area is 201 Å². The van der Waals surface area contributed by atoms with Crippen molar-refractivity contribution in [1.82, 2.24) is 20.1 Å². The first-order chi connectivity index (χ1) is 16.4. The SMILES string of the molecule is CC(C)c1nc(C2CCN(c3ncnc4c(-c5ccc(CCl)c(F)c5)cc(F)cc34)CC2)no1. The van der Waals surface area contributed by atoms with Crippen LogP contribution in [0.3, 0.4) is 0 Å². The predicted molar refractivity (Wildman–Crippen MR) is 127 cm³/mol. The maximum atomic E-state index is 14.7. The number of nitrogens with zero attached hydrogens (tertiary/aromatic N) is 5. The van der Waals surface area contributed by atoms with E-state index >= 15 is 0 Å². The molecule has 1 saturated heterocycles. The molecule has 1 aliphatic heterocycles. The zero-order valence-electron chi connectivity index (χ0n) is 18.9. The van der Waals surface area contributed by atoms with Crippen molar-refractivity contribution in [2.45, 2.75) is 44.4 Å². The lowest BCUT2D eigenvalue weighted by molar-refractivity contribution is 0.353. The van der Waals surface area contributed by atoms with E-state index in [0.29, 0.717) is 52.4 Å². The summed E-state index contributed by atoms with van der Waals surface area (Å²) in [6, 6.07) is 7.54. The van der Waals surface area contributed by atoms with Crippen molar-refractivity contribution in [1.29, 1.82) is 0 Å². The first kappa shape index (κ1) is 22.7. The smallest absolute Gasteiger partial charge is 0.229 e. The molecular weight excluding hydrogens is 460 g/mol. The van der Waals surface area contributed by atoms with E-state index in [1.807, 2.05) is 13.8 Å². The Hall–Kier alpha value is -3.13. The van der Waals surface area contributed by atoms with Crippen molar-refractivity contribution in [3.05, 3.63) is 65.6 Å². The number of alkyl halides is 1. The number of hydrogen-bond donors (Lipinski definition) is 0. The first-order valence-corrected chi connectivity index (χ1v) is 11.9. The van der Waals surface area contributed by atoms with Gasteiger partial charge in [0.15, 0.2) is 5.82 Å². The van der Waals surface area contributed by atoms with Crippen molar-refractivity contribution < 1.29 is 13.3 Å². The van der Waals surface area contributed by atoms with Crippen molar-refractivity contribution in [2.24, 2.45) is 0 Å². The summed E-state index contributed by atoms with van der Waals surface area (Å²) >= 11 is 5.78. The molecule has 0 bridgehead atoms. The van der Waals surface area contributed by atoms with E-state index in [9.17, 15) is 8.78 Å². The molecule has 9 heteroatoms. The highest BCUT2D eigenvalue weighted by Crippen LogP contribution is 2.36. The van der Waals surface area contributed by atoms with Crippen LogP contribution in [-0.2, 0) is 5.88 Å². The van der Waals surface area contributed by atoms with Crippen LogP contribution in [0, 0.1) is 11.6 Å². The Bertz CT molecular complexity index is 1330. The fourth-order valence-electron chi connectivity index (χ4n) is 4.41. The molecule has 0 aliphatic carbocycles. The fraction of sp³-hybridized carbons (Fsp3) is 0.360. The van der Waals surface area contributed by atoms with Gasteiger partial charge in [-0.1, -0.05) is 31.1 Å². The number of rotatable bonds is 5. The lowest BCUT2D eigenvalue weighted by Crippen LogP contribution is -2.34. The number of halogens is 3. The molecular formula is C25H24ClF2N5O. The van der Waals surface area contributed by atoms with Gasteiger partial charge in [-0.2, -0.15) is 4.98 Å². The van der Waals surface area contributed by atoms with Crippen LogP contribution in [0.2, 0.25) is 0 Å². The normalized spacial score (nSPS) is 14.9. The van der Waals surface area contributed by atoms with Gasteiger partial charge in [0.25, 0.3) is 0 Å². The highest BCUT2D eigenvalue weighted by Gasteiger charge is 2.27. The zero-order valence-corrected chi connectivity index (χ0v) is 19.7. The van der Waals surface area contributed by atoms with Gasteiger partial charge in [-0.15, -0.1) is 11.6 Å². The van der Waals surface area contributed by atoms with E-state index in [4.69, 9.17) is 16.1 Å². The van der Waals surface area contributed by atoms with Crippen molar-refractivity contribution in [3.8, 4) is 11.1 Å². The van der Waals surface area contributed by atoms with Crippen molar-refractivity contribution in [3.63, 3.8) is 0 Å². The summed E-state index contributed by atoms with van der Waals surface area (Å²) in [5.74, 6) is 1.67. The summed E-state index contributed by atoms with van der Waals surface area (Å²) in [5, 5.41) is 4.76. The molecule has 0 atom stereocenters. The Kier molecular flexibility index (Phi) is 6.16. The summed E-state index contributed by atoms with van der Waals surface area (Å²) in [7, 11) is 0. The van der Waals surface area contributed by atoms with Gasteiger partial charge in [-0.3, -0.25) is 0 Å². The maximum absolute atomic E-state index is 14.7. The third-order valence-corrected chi connectivity index (χ3v) is 6.59. The van der Waals surface area contributed by atoms with Crippen LogP contribution < -0.4 is 4.90 Å². The minimum Gasteiger partial charge on any atom is -0.356 e. The molecule has 0 unspecified atom stereocenters. The lowest BCUT2D eigenvalue weighted by Gasteiger charge is -2.32. The van der Waals surface area contributed by atoms with Gasteiger partial charge < -0.3 is 9.42 Å². The van der Waals surface area contributed by atoms with Gasteiger partial charge in [0.2, 0.25) is 5.89 Å². The molecule has 0 amide bonds. The zero-order chi connectivity index (χ0) is 23.8. The van der Waals surface area contributed by atoms with E-state index < -0.39 is 11.6 Å². The van der Waals surface area contributed by atoms with Crippen LogP contribution in [0.4, 0.5) is 14.6 Å². The number of piperidine rings is 1. The Morgan fingerprint density at radius 2 is 1.91 bits per heavy atom. The first-order valence-electron chi connectivity index (χ1n) is 11.3. The van der Waals surface area contributed by atoms with Crippen LogP contribution in [0.15, 0.2) is 41.2 Å². The average Bonchev–Trinajstić information content (AvgIpc) is 3.34. The maximum Gasteiger partial charge on any atom is 0.229 e. The van der Waals surface area contributed by atoms with E-state index in [0.717, 1.165) is 18.7 Å². The molecule has 1 fully saturated rings. The van der Waals surface area contributed by atoms with E-state index in [1.165, 1.54) is 24.5 Å². The minimum atomic E-state index is -0.428. The Morgan fingerprint density at radius 1 is 1.12 bits per heavy atom. The van der Waals surface area contributed by atoms with Gasteiger partial charge in [-0.25, -0.2) is 18.7 Å². The number of benzene rings is 2. The summed E-state index contributed by atoms with van der Waals surface area (Å²) in [5.41, 5.74) is 2.02. The van der Waals surface area contributed by atoms with Crippen LogP contribution in [0.1, 0.15) is 55.8 Å². The predicted octanol–water partition coefficient (Wildman–Crippen LogP) is 6.20. The van der Waals surface area contributed by atoms with Crippen LogP contribution in [0.25, 0.3) is 22.0 Å². The van der Waals surface area contributed by atoms with Crippen molar-refractivity contribution in [2.75, 3.05) is 18.0 Å². The molecule has 3 heterocycles. The van der Waals surface area contributed by atoms with Crippen LogP contribution >= 0.6 is 11.6 Å². The Balaban J connectivity index is 1.45. The van der Waals surface area contributed by atoms with Gasteiger partial charge in [0, 0.05) is 41.4 Å². The molecule has 5 rings (SSSR count). The van der Waals surface area contributed by atoms with E-state index in [1.54, 1.807) is 12.1 Å². The number of aromatic nitrogens is 4. The van der Waals surface area contributed by atoms with Gasteiger partial charge >= 0.3 is 0 Å².